The zero-order valence-electron chi connectivity index (χ0n) is 13.3. The van der Waals surface area contributed by atoms with Gasteiger partial charge in [0.2, 0.25) is 10.0 Å². The van der Waals surface area contributed by atoms with Crippen molar-refractivity contribution in [1.82, 2.24) is 4.72 Å². The van der Waals surface area contributed by atoms with Crippen LogP contribution in [0.3, 0.4) is 0 Å². The van der Waals surface area contributed by atoms with Crippen molar-refractivity contribution in [3.63, 3.8) is 0 Å². The van der Waals surface area contributed by atoms with E-state index in [0.29, 0.717) is 6.42 Å². The molecule has 2 aromatic rings. The molecule has 4 nitrogen and oxygen atoms in total. The van der Waals surface area contributed by atoms with Crippen molar-refractivity contribution in [3.8, 4) is 5.75 Å². The van der Waals surface area contributed by atoms with Gasteiger partial charge in [-0.05, 0) is 54.8 Å². The Balaban J connectivity index is 2.28. The molecule has 0 fully saturated rings. The number of hydrogen-bond donors (Lipinski definition) is 1. The normalized spacial score (nSPS) is 12.9. The molecule has 0 aliphatic heterocycles. The highest BCUT2D eigenvalue weighted by atomic mass is 32.2. The molecule has 2 rings (SSSR count). The molecule has 1 N–H and O–H groups in total. The molecule has 0 aliphatic rings. The minimum Gasteiger partial charge on any atom is -0.496 e. The van der Waals surface area contributed by atoms with Crippen LogP contribution in [0.2, 0.25) is 0 Å². The Bertz CT molecular complexity index is 773. The summed E-state index contributed by atoms with van der Waals surface area (Å²) in [7, 11) is -2.12. The summed E-state index contributed by atoms with van der Waals surface area (Å²) in [6.45, 7) is 3.81. The Morgan fingerprint density at radius 1 is 1.17 bits per heavy atom. The molecule has 0 bridgehead atoms. The Labute approximate surface area is 136 Å². The maximum atomic E-state index is 13.0. The van der Waals surface area contributed by atoms with E-state index >= 15 is 0 Å². The van der Waals surface area contributed by atoms with Gasteiger partial charge < -0.3 is 4.74 Å². The first-order valence-corrected chi connectivity index (χ1v) is 8.78. The standard InChI is InChI=1S/C17H20FNO3S/c1-4-16(13-5-10-17(22-3)12(2)11-13)19-23(20,21)15-8-6-14(18)7-9-15/h5-11,16,19H,4H2,1-3H3/t16-/m1/s1. The summed E-state index contributed by atoms with van der Waals surface area (Å²) >= 11 is 0. The fraction of sp³-hybridized carbons (Fsp3) is 0.294. The van der Waals surface area contributed by atoms with Crippen LogP contribution in [-0.4, -0.2) is 15.5 Å². The van der Waals surface area contributed by atoms with Gasteiger partial charge in [-0.2, -0.15) is 0 Å². The van der Waals surface area contributed by atoms with Crippen LogP contribution >= 0.6 is 0 Å². The molecule has 0 aromatic heterocycles. The van der Waals surface area contributed by atoms with Gasteiger partial charge in [0.05, 0.1) is 12.0 Å². The van der Waals surface area contributed by atoms with E-state index in [1.807, 2.05) is 32.0 Å². The van der Waals surface area contributed by atoms with Gasteiger partial charge in [0.15, 0.2) is 0 Å². The number of methoxy groups -OCH3 is 1. The number of nitrogens with one attached hydrogen (secondary N) is 1. The molecule has 6 heteroatoms. The predicted octanol–water partition coefficient (Wildman–Crippen LogP) is 3.57. The second-order valence-corrected chi connectivity index (χ2v) is 6.98. The lowest BCUT2D eigenvalue weighted by Gasteiger charge is -2.19. The van der Waals surface area contributed by atoms with Crippen LogP contribution in [-0.2, 0) is 10.0 Å². The number of ether oxygens (including phenoxy) is 1. The molecule has 23 heavy (non-hydrogen) atoms. The van der Waals surface area contributed by atoms with Crippen LogP contribution in [0.15, 0.2) is 47.4 Å². The minimum absolute atomic E-state index is 0.0441. The van der Waals surface area contributed by atoms with Crippen molar-refractivity contribution < 1.29 is 17.5 Å². The number of benzene rings is 2. The van der Waals surface area contributed by atoms with E-state index in [1.54, 1.807) is 7.11 Å². The average Bonchev–Trinajstić information content (AvgIpc) is 2.53. The fourth-order valence-electron chi connectivity index (χ4n) is 2.37. The topological polar surface area (TPSA) is 55.4 Å². The van der Waals surface area contributed by atoms with Crippen LogP contribution in [0.4, 0.5) is 4.39 Å². The lowest BCUT2D eigenvalue weighted by molar-refractivity contribution is 0.411. The largest absolute Gasteiger partial charge is 0.496 e. The maximum Gasteiger partial charge on any atom is 0.241 e. The smallest absolute Gasteiger partial charge is 0.241 e. The molecule has 124 valence electrons. The third-order valence-electron chi connectivity index (χ3n) is 3.65. The molecule has 0 spiro atoms. The summed E-state index contributed by atoms with van der Waals surface area (Å²) in [5.41, 5.74) is 1.79. The summed E-state index contributed by atoms with van der Waals surface area (Å²) < 4.78 is 45.7. The first-order chi connectivity index (χ1) is 10.9. The first-order valence-electron chi connectivity index (χ1n) is 7.30. The highest BCUT2D eigenvalue weighted by molar-refractivity contribution is 7.89. The molecule has 1 atom stereocenters. The molecule has 0 heterocycles. The minimum atomic E-state index is -3.71. The van der Waals surface area contributed by atoms with Crippen molar-refractivity contribution in [2.24, 2.45) is 0 Å². The van der Waals surface area contributed by atoms with Gasteiger partial charge in [-0.3, -0.25) is 0 Å². The van der Waals surface area contributed by atoms with Gasteiger partial charge in [0.25, 0.3) is 0 Å². The monoisotopic (exact) mass is 337 g/mol. The van der Waals surface area contributed by atoms with Crippen LogP contribution in [0.25, 0.3) is 0 Å². The van der Waals surface area contributed by atoms with E-state index < -0.39 is 15.8 Å². The second kappa shape index (κ2) is 7.10. The fourth-order valence-corrected chi connectivity index (χ4v) is 3.68. The summed E-state index contributed by atoms with van der Waals surface area (Å²) in [5.74, 6) is 0.284. The lowest BCUT2D eigenvalue weighted by Crippen LogP contribution is -2.28. The van der Waals surface area contributed by atoms with E-state index in [9.17, 15) is 12.8 Å². The quantitative estimate of drug-likeness (QED) is 0.877. The lowest BCUT2D eigenvalue weighted by atomic mass is 10.0. The number of rotatable bonds is 6. The Morgan fingerprint density at radius 2 is 1.83 bits per heavy atom. The van der Waals surface area contributed by atoms with Gasteiger partial charge >= 0.3 is 0 Å². The van der Waals surface area contributed by atoms with Crippen molar-refractivity contribution in [2.75, 3.05) is 7.11 Å². The predicted molar refractivity (Wildman–Crippen MR) is 87.5 cm³/mol. The summed E-state index contributed by atoms with van der Waals surface area (Å²) in [4.78, 5) is 0.0441. The van der Waals surface area contributed by atoms with Crippen molar-refractivity contribution in [1.29, 1.82) is 0 Å². The van der Waals surface area contributed by atoms with Gasteiger partial charge in [-0.25, -0.2) is 17.5 Å². The molecule has 0 saturated heterocycles. The third-order valence-corrected chi connectivity index (χ3v) is 5.14. The van der Waals surface area contributed by atoms with E-state index in [0.717, 1.165) is 29.0 Å². The first kappa shape index (κ1) is 17.4. The summed E-state index contributed by atoms with van der Waals surface area (Å²) in [5, 5.41) is 0. The van der Waals surface area contributed by atoms with Crippen LogP contribution < -0.4 is 9.46 Å². The van der Waals surface area contributed by atoms with Crippen LogP contribution in [0, 0.1) is 12.7 Å². The molecule has 0 radical (unpaired) electrons. The second-order valence-electron chi connectivity index (χ2n) is 5.27. The molecule has 0 saturated carbocycles. The molecule has 0 amide bonds. The van der Waals surface area contributed by atoms with Crippen molar-refractivity contribution >= 4 is 10.0 Å². The van der Waals surface area contributed by atoms with E-state index in [2.05, 4.69) is 4.72 Å². The van der Waals surface area contributed by atoms with Gasteiger partial charge in [0, 0.05) is 6.04 Å². The SMILES string of the molecule is CC[C@@H](NS(=O)(=O)c1ccc(F)cc1)c1ccc(OC)c(C)c1. The molecular weight excluding hydrogens is 317 g/mol. The maximum absolute atomic E-state index is 13.0. The Hall–Kier alpha value is -1.92. The third kappa shape index (κ3) is 4.09. The molecule has 0 aliphatic carbocycles. The Kier molecular flexibility index (Phi) is 5.38. The molecular formula is C17H20FNO3S. The highest BCUT2D eigenvalue weighted by Crippen LogP contribution is 2.25. The number of hydrogen-bond acceptors (Lipinski definition) is 3. The number of halogens is 1. The number of aryl methyl sites for hydroxylation is 1. The molecule has 2 aromatic carbocycles. The summed E-state index contributed by atoms with van der Waals surface area (Å²) in [6, 6.07) is 9.97. The van der Waals surface area contributed by atoms with E-state index in [4.69, 9.17) is 4.74 Å². The van der Waals surface area contributed by atoms with Crippen LogP contribution in [0.1, 0.15) is 30.5 Å². The highest BCUT2D eigenvalue weighted by Gasteiger charge is 2.20. The van der Waals surface area contributed by atoms with Gasteiger partial charge in [-0.1, -0.05) is 19.1 Å². The van der Waals surface area contributed by atoms with Gasteiger partial charge in [0.1, 0.15) is 11.6 Å². The zero-order valence-corrected chi connectivity index (χ0v) is 14.2. The van der Waals surface area contributed by atoms with Crippen molar-refractivity contribution in [3.05, 3.63) is 59.4 Å². The summed E-state index contributed by atoms with van der Waals surface area (Å²) in [6.07, 6.45) is 0.589. The van der Waals surface area contributed by atoms with Crippen molar-refractivity contribution in [2.45, 2.75) is 31.2 Å². The van der Waals surface area contributed by atoms with Crippen LogP contribution in [0.5, 0.6) is 5.75 Å². The zero-order chi connectivity index (χ0) is 17.0. The van der Waals surface area contributed by atoms with E-state index in [1.165, 1.54) is 12.1 Å². The molecule has 0 unspecified atom stereocenters. The van der Waals surface area contributed by atoms with Gasteiger partial charge in [-0.15, -0.1) is 0 Å². The average molecular weight is 337 g/mol. The Morgan fingerprint density at radius 3 is 2.35 bits per heavy atom. The number of sulfonamides is 1. The van der Waals surface area contributed by atoms with E-state index in [-0.39, 0.29) is 10.9 Å².